The largest absolute Gasteiger partial charge is 0.337 e. The van der Waals surface area contributed by atoms with Crippen LogP contribution < -0.4 is 5.56 Å². The zero-order valence-corrected chi connectivity index (χ0v) is 13.3. The summed E-state index contributed by atoms with van der Waals surface area (Å²) in [6.07, 6.45) is 3.12. The molecule has 4 aromatic rings. The van der Waals surface area contributed by atoms with Crippen LogP contribution in [-0.4, -0.2) is 29.9 Å². The first-order chi connectivity index (χ1) is 12.7. The second-order valence-corrected chi connectivity index (χ2v) is 5.31. The van der Waals surface area contributed by atoms with Crippen molar-refractivity contribution in [1.82, 2.24) is 29.9 Å². The van der Waals surface area contributed by atoms with Crippen LogP contribution in [0.5, 0.6) is 0 Å². The van der Waals surface area contributed by atoms with Crippen LogP contribution in [-0.2, 0) is 6.54 Å². The van der Waals surface area contributed by atoms with E-state index in [1.54, 1.807) is 30.6 Å². The first-order valence-electron chi connectivity index (χ1n) is 7.63. The zero-order valence-electron chi connectivity index (χ0n) is 13.3. The molecule has 0 atom stereocenters. The molecule has 26 heavy (non-hydrogen) atoms. The lowest BCUT2D eigenvalue weighted by Crippen LogP contribution is -2.23. The molecule has 0 bridgehead atoms. The van der Waals surface area contributed by atoms with E-state index in [0.29, 0.717) is 17.1 Å². The maximum absolute atomic E-state index is 13.4. The van der Waals surface area contributed by atoms with Crippen LogP contribution in [0, 0.1) is 5.82 Å². The molecule has 3 heterocycles. The van der Waals surface area contributed by atoms with Crippen molar-refractivity contribution in [1.29, 1.82) is 0 Å². The lowest BCUT2D eigenvalue weighted by atomic mass is 10.1. The van der Waals surface area contributed by atoms with E-state index in [1.807, 2.05) is 0 Å². The molecule has 0 fully saturated rings. The monoisotopic (exact) mass is 350 g/mol. The molecule has 4 rings (SSSR count). The van der Waals surface area contributed by atoms with Gasteiger partial charge in [-0.2, -0.15) is 10.1 Å². The Bertz CT molecular complexity index is 1110. The van der Waals surface area contributed by atoms with Gasteiger partial charge in [0.15, 0.2) is 0 Å². The number of hydrogen-bond donors (Lipinski definition) is 0. The molecule has 128 valence electrons. The van der Waals surface area contributed by atoms with E-state index < -0.39 is 0 Å². The van der Waals surface area contributed by atoms with E-state index in [-0.39, 0.29) is 29.6 Å². The fraction of sp³-hybridized carbons (Fsp3) is 0.0588. The molecule has 0 aliphatic rings. The highest BCUT2D eigenvalue weighted by Gasteiger charge is 2.13. The van der Waals surface area contributed by atoms with Gasteiger partial charge in [-0.05, 0) is 24.3 Å². The molecule has 0 spiro atoms. The maximum atomic E-state index is 13.4. The molecule has 0 N–H and O–H groups in total. The van der Waals surface area contributed by atoms with Gasteiger partial charge in [0.05, 0.1) is 5.69 Å². The molecule has 0 saturated heterocycles. The van der Waals surface area contributed by atoms with Crippen LogP contribution in [0.3, 0.4) is 0 Å². The fourth-order valence-electron chi connectivity index (χ4n) is 2.32. The Kier molecular flexibility index (Phi) is 4.02. The molecule has 0 aliphatic carbocycles. The Morgan fingerprint density at radius 1 is 1.04 bits per heavy atom. The SMILES string of the molecule is O=c1ccc(-c2cccc(F)c2)nn1Cc1nc(-c2ncccn2)no1. The second-order valence-electron chi connectivity index (χ2n) is 5.31. The number of rotatable bonds is 4. The number of nitrogens with zero attached hydrogens (tertiary/aromatic N) is 6. The lowest BCUT2D eigenvalue weighted by Gasteiger charge is -2.05. The molecule has 0 amide bonds. The summed E-state index contributed by atoms with van der Waals surface area (Å²) >= 11 is 0. The summed E-state index contributed by atoms with van der Waals surface area (Å²) in [4.78, 5) is 24.3. The van der Waals surface area contributed by atoms with Crippen LogP contribution in [0.15, 0.2) is 64.2 Å². The van der Waals surface area contributed by atoms with Gasteiger partial charge < -0.3 is 4.52 Å². The predicted molar refractivity (Wildman–Crippen MR) is 88.3 cm³/mol. The topological polar surface area (TPSA) is 99.6 Å². The van der Waals surface area contributed by atoms with Gasteiger partial charge in [0.2, 0.25) is 17.5 Å². The van der Waals surface area contributed by atoms with Crippen molar-refractivity contribution < 1.29 is 8.91 Å². The molecule has 0 radical (unpaired) electrons. The minimum atomic E-state index is -0.383. The Morgan fingerprint density at radius 2 is 1.88 bits per heavy atom. The minimum Gasteiger partial charge on any atom is -0.337 e. The Morgan fingerprint density at radius 3 is 2.69 bits per heavy atom. The van der Waals surface area contributed by atoms with E-state index in [9.17, 15) is 9.18 Å². The molecule has 3 aromatic heterocycles. The summed E-state index contributed by atoms with van der Waals surface area (Å²) in [6, 6.07) is 10.5. The highest BCUT2D eigenvalue weighted by atomic mass is 19.1. The molecule has 1 aromatic carbocycles. The van der Waals surface area contributed by atoms with Gasteiger partial charge in [-0.3, -0.25) is 4.79 Å². The third-order valence-corrected chi connectivity index (χ3v) is 3.51. The Balaban J connectivity index is 1.64. The average molecular weight is 350 g/mol. The zero-order chi connectivity index (χ0) is 17.9. The number of halogens is 1. The number of aromatic nitrogens is 6. The smallest absolute Gasteiger partial charge is 0.267 e. The predicted octanol–water partition coefficient (Wildman–Crippen LogP) is 1.94. The van der Waals surface area contributed by atoms with Crippen molar-refractivity contribution in [3.8, 4) is 22.9 Å². The molecular formula is C17H11FN6O2. The highest BCUT2D eigenvalue weighted by molar-refractivity contribution is 5.58. The molecular weight excluding hydrogens is 339 g/mol. The van der Waals surface area contributed by atoms with Gasteiger partial charge in [-0.25, -0.2) is 19.0 Å². The first-order valence-corrected chi connectivity index (χ1v) is 7.63. The van der Waals surface area contributed by atoms with Crippen LogP contribution in [0.2, 0.25) is 0 Å². The van der Waals surface area contributed by atoms with Gasteiger partial charge in [-0.15, -0.1) is 0 Å². The number of hydrogen-bond acceptors (Lipinski definition) is 7. The van der Waals surface area contributed by atoms with Gasteiger partial charge in [0.1, 0.15) is 12.4 Å². The van der Waals surface area contributed by atoms with Crippen molar-refractivity contribution in [3.05, 3.63) is 76.9 Å². The second kappa shape index (κ2) is 6.63. The molecule has 0 unspecified atom stereocenters. The van der Waals surface area contributed by atoms with Crippen molar-refractivity contribution in [2.75, 3.05) is 0 Å². The summed E-state index contributed by atoms with van der Waals surface area (Å²) < 4.78 is 19.7. The summed E-state index contributed by atoms with van der Waals surface area (Å²) in [7, 11) is 0. The van der Waals surface area contributed by atoms with Crippen molar-refractivity contribution in [2.24, 2.45) is 0 Å². The minimum absolute atomic E-state index is 0.0260. The Labute approximate surface area is 146 Å². The quantitative estimate of drug-likeness (QED) is 0.554. The summed E-state index contributed by atoms with van der Waals surface area (Å²) in [5, 5.41) is 8.04. The molecule has 0 saturated carbocycles. The van der Waals surface area contributed by atoms with E-state index >= 15 is 0 Å². The van der Waals surface area contributed by atoms with Crippen molar-refractivity contribution >= 4 is 0 Å². The third kappa shape index (κ3) is 3.22. The van der Waals surface area contributed by atoms with Crippen LogP contribution >= 0.6 is 0 Å². The van der Waals surface area contributed by atoms with Gasteiger partial charge in [-0.1, -0.05) is 17.3 Å². The highest BCUT2D eigenvalue weighted by Crippen LogP contribution is 2.16. The van der Waals surface area contributed by atoms with Gasteiger partial charge in [0.25, 0.3) is 5.56 Å². The normalized spacial score (nSPS) is 10.8. The maximum Gasteiger partial charge on any atom is 0.267 e. The van der Waals surface area contributed by atoms with E-state index in [1.165, 1.54) is 28.9 Å². The van der Waals surface area contributed by atoms with Crippen LogP contribution in [0.25, 0.3) is 22.9 Å². The standard InChI is InChI=1S/C17H11FN6O2/c18-12-4-1-3-11(9-12)13-5-6-15(25)24(22-13)10-14-21-17(23-26-14)16-19-7-2-8-20-16/h1-9H,10H2. The third-order valence-electron chi connectivity index (χ3n) is 3.51. The molecule has 8 nitrogen and oxygen atoms in total. The van der Waals surface area contributed by atoms with E-state index in [0.717, 1.165) is 0 Å². The van der Waals surface area contributed by atoms with Crippen LogP contribution in [0.4, 0.5) is 4.39 Å². The summed E-state index contributed by atoms with van der Waals surface area (Å²) in [5.74, 6) is 0.330. The van der Waals surface area contributed by atoms with E-state index in [2.05, 4.69) is 25.2 Å². The van der Waals surface area contributed by atoms with Crippen LogP contribution in [0.1, 0.15) is 5.89 Å². The molecule has 0 aliphatic heterocycles. The molecule has 9 heteroatoms. The lowest BCUT2D eigenvalue weighted by molar-refractivity contribution is 0.363. The fourth-order valence-corrected chi connectivity index (χ4v) is 2.32. The van der Waals surface area contributed by atoms with Crippen molar-refractivity contribution in [2.45, 2.75) is 6.54 Å². The Hall–Kier alpha value is -3.75. The summed E-state index contributed by atoms with van der Waals surface area (Å²) in [6.45, 7) is -0.0260. The van der Waals surface area contributed by atoms with E-state index in [4.69, 9.17) is 4.52 Å². The van der Waals surface area contributed by atoms with Gasteiger partial charge in [0, 0.05) is 24.0 Å². The van der Waals surface area contributed by atoms with Crippen molar-refractivity contribution in [3.63, 3.8) is 0 Å². The average Bonchev–Trinajstić information content (AvgIpc) is 3.13. The number of benzene rings is 1. The first kappa shape index (κ1) is 15.8. The van der Waals surface area contributed by atoms with Gasteiger partial charge >= 0.3 is 0 Å². The summed E-state index contributed by atoms with van der Waals surface area (Å²) in [5.41, 5.74) is 0.666.